The van der Waals surface area contributed by atoms with Crippen molar-refractivity contribution in [1.29, 1.82) is 0 Å². The maximum Gasteiger partial charge on any atom is 0.234 e. The normalized spacial score (nSPS) is 39.2. The molecule has 0 aromatic carbocycles. The van der Waals surface area contributed by atoms with Gasteiger partial charge in [0, 0.05) is 12.8 Å². The van der Waals surface area contributed by atoms with Crippen LogP contribution in [0.25, 0.3) is 0 Å². The van der Waals surface area contributed by atoms with E-state index in [0.29, 0.717) is 5.92 Å². The predicted molar refractivity (Wildman–Crippen MR) is 44.1 cm³/mol. The van der Waals surface area contributed by atoms with E-state index in [-0.39, 0.29) is 6.79 Å². The summed E-state index contributed by atoms with van der Waals surface area (Å²) in [7, 11) is 0. The van der Waals surface area contributed by atoms with Crippen molar-refractivity contribution in [3.05, 3.63) is 0 Å². The summed E-state index contributed by atoms with van der Waals surface area (Å²) in [5, 5.41) is 0. The molecule has 2 fully saturated rings. The molecule has 4 heteroatoms. The minimum absolute atomic E-state index is 0.0612. The Hall–Kier alpha value is -0.160. The van der Waals surface area contributed by atoms with Gasteiger partial charge >= 0.3 is 0 Å². The van der Waals surface area contributed by atoms with E-state index >= 15 is 0 Å². The molecule has 0 N–H and O–H groups in total. The fourth-order valence-corrected chi connectivity index (χ4v) is 1.97. The third-order valence-electron chi connectivity index (χ3n) is 3.10. The predicted octanol–water partition coefficient (Wildman–Crippen LogP) is 2.01. The van der Waals surface area contributed by atoms with Crippen molar-refractivity contribution in [2.45, 2.75) is 38.9 Å². The van der Waals surface area contributed by atoms with Crippen molar-refractivity contribution < 1.29 is 19.6 Å². The topological polar surface area (TPSA) is 36.9 Å². The van der Waals surface area contributed by atoms with Gasteiger partial charge in [0.05, 0.1) is 0 Å². The van der Waals surface area contributed by atoms with Gasteiger partial charge in [-0.3, -0.25) is 0 Å². The molecular weight excluding hydrogens is 172 g/mol. The highest BCUT2D eigenvalue weighted by Gasteiger charge is 2.44. The van der Waals surface area contributed by atoms with Crippen molar-refractivity contribution in [3.8, 4) is 0 Å². The molecule has 0 bridgehead atoms. The van der Waals surface area contributed by atoms with Gasteiger partial charge in [0.1, 0.15) is 0 Å². The Kier molecular flexibility index (Phi) is 2.55. The molecule has 1 aliphatic carbocycles. The van der Waals surface area contributed by atoms with Crippen LogP contribution in [0, 0.1) is 11.8 Å². The summed E-state index contributed by atoms with van der Waals surface area (Å²) in [6.45, 7) is 4.51. The van der Waals surface area contributed by atoms with Gasteiger partial charge in [-0.25, -0.2) is 9.78 Å². The quantitative estimate of drug-likeness (QED) is 0.545. The van der Waals surface area contributed by atoms with Crippen LogP contribution in [0.4, 0.5) is 0 Å². The summed E-state index contributed by atoms with van der Waals surface area (Å²) in [5.41, 5.74) is 0. The lowest BCUT2D eigenvalue weighted by molar-refractivity contribution is -0.603. The van der Waals surface area contributed by atoms with Gasteiger partial charge in [-0.2, -0.15) is 9.78 Å². The largest absolute Gasteiger partial charge is 0.234 e. The van der Waals surface area contributed by atoms with Crippen LogP contribution in [-0.4, -0.2) is 12.6 Å². The second kappa shape index (κ2) is 3.53. The van der Waals surface area contributed by atoms with Gasteiger partial charge in [0.2, 0.25) is 12.6 Å². The Morgan fingerprint density at radius 3 is 2.38 bits per heavy atom. The SMILES string of the molecule is CC1CCC2(CC1C)OOCOO2. The van der Waals surface area contributed by atoms with Gasteiger partial charge < -0.3 is 0 Å². The molecule has 1 spiro atoms. The Balaban J connectivity index is 1.99. The van der Waals surface area contributed by atoms with E-state index in [0.717, 1.165) is 25.2 Å². The number of hydrogen-bond acceptors (Lipinski definition) is 4. The highest BCUT2D eigenvalue weighted by atomic mass is 17.4. The highest BCUT2D eigenvalue weighted by Crippen LogP contribution is 2.40. The maximum atomic E-state index is 5.18. The first-order valence-electron chi connectivity index (χ1n) is 4.83. The molecule has 4 nitrogen and oxygen atoms in total. The molecule has 2 rings (SSSR count). The standard InChI is InChI=1S/C9H16O4/c1-7-3-4-9(5-8(7)2)12-10-6-11-13-9/h7-8H,3-6H2,1-2H3. The zero-order valence-electron chi connectivity index (χ0n) is 8.12. The van der Waals surface area contributed by atoms with E-state index in [2.05, 4.69) is 13.8 Å². The second-order valence-electron chi connectivity index (χ2n) is 4.13. The number of rotatable bonds is 0. The van der Waals surface area contributed by atoms with Crippen LogP contribution in [0.2, 0.25) is 0 Å². The molecule has 2 atom stereocenters. The van der Waals surface area contributed by atoms with Crippen molar-refractivity contribution in [2.75, 3.05) is 6.79 Å². The minimum atomic E-state index is -0.635. The molecule has 1 saturated heterocycles. The smallest absolute Gasteiger partial charge is 0.202 e. The summed E-state index contributed by atoms with van der Waals surface area (Å²) in [6.07, 6.45) is 2.78. The molecule has 1 aliphatic heterocycles. The lowest BCUT2D eigenvalue weighted by Crippen LogP contribution is -2.45. The third-order valence-corrected chi connectivity index (χ3v) is 3.10. The highest BCUT2D eigenvalue weighted by molar-refractivity contribution is 4.81. The molecule has 2 unspecified atom stereocenters. The van der Waals surface area contributed by atoms with Crippen molar-refractivity contribution in [1.82, 2.24) is 0 Å². The fourth-order valence-electron chi connectivity index (χ4n) is 1.97. The molecule has 76 valence electrons. The summed E-state index contributed by atoms with van der Waals surface area (Å²) in [4.78, 5) is 20.0. The minimum Gasteiger partial charge on any atom is -0.202 e. The fraction of sp³-hybridized carbons (Fsp3) is 1.00. The molecule has 0 radical (unpaired) electrons. The van der Waals surface area contributed by atoms with E-state index in [4.69, 9.17) is 19.6 Å². The Bertz CT molecular complexity index is 176. The maximum absolute atomic E-state index is 5.18. The van der Waals surface area contributed by atoms with Gasteiger partial charge in [-0.1, -0.05) is 13.8 Å². The van der Waals surface area contributed by atoms with Gasteiger partial charge in [-0.15, -0.1) is 0 Å². The Morgan fingerprint density at radius 2 is 1.77 bits per heavy atom. The molecule has 0 aromatic rings. The van der Waals surface area contributed by atoms with Crippen molar-refractivity contribution in [2.24, 2.45) is 11.8 Å². The Morgan fingerprint density at radius 1 is 1.08 bits per heavy atom. The lowest BCUT2D eigenvalue weighted by atomic mass is 9.78. The number of hydrogen-bond donors (Lipinski definition) is 0. The van der Waals surface area contributed by atoms with Gasteiger partial charge in [0.25, 0.3) is 0 Å². The average Bonchev–Trinajstić information content (AvgIpc) is 2.14. The summed E-state index contributed by atoms with van der Waals surface area (Å²) in [6, 6.07) is 0. The summed E-state index contributed by atoms with van der Waals surface area (Å²) in [5.74, 6) is 0.670. The van der Waals surface area contributed by atoms with Crippen molar-refractivity contribution >= 4 is 0 Å². The van der Waals surface area contributed by atoms with Crippen LogP contribution in [0.1, 0.15) is 33.1 Å². The zero-order valence-corrected chi connectivity index (χ0v) is 8.12. The molecular formula is C9H16O4. The van der Waals surface area contributed by atoms with E-state index in [1.807, 2.05) is 0 Å². The van der Waals surface area contributed by atoms with E-state index in [1.54, 1.807) is 0 Å². The van der Waals surface area contributed by atoms with Crippen molar-refractivity contribution in [3.63, 3.8) is 0 Å². The molecule has 1 heterocycles. The molecule has 2 aliphatic rings. The van der Waals surface area contributed by atoms with Crippen LogP contribution < -0.4 is 0 Å². The first-order chi connectivity index (χ1) is 6.22. The van der Waals surface area contributed by atoms with Crippen LogP contribution >= 0.6 is 0 Å². The van der Waals surface area contributed by atoms with Gasteiger partial charge in [0.15, 0.2) is 0 Å². The van der Waals surface area contributed by atoms with E-state index < -0.39 is 5.79 Å². The average molecular weight is 188 g/mol. The molecule has 0 aromatic heterocycles. The third kappa shape index (κ3) is 1.86. The van der Waals surface area contributed by atoms with Crippen LogP contribution in [0.15, 0.2) is 0 Å². The monoisotopic (exact) mass is 188 g/mol. The summed E-state index contributed by atoms with van der Waals surface area (Å²) < 4.78 is 0. The molecule has 13 heavy (non-hydrogen) atoms. The molecule has 0 amide bonds. The van der Waals surface area contributed by atoms with E-state index in [9.17, 15) is 0 Å². The first-order valence-corrected chi connectivity index (χ1v) is 4.83. The van der Waals surface area contributed by atoms with Crippen LogP contribution in [-0.2, 0) is 19.6 Å². The molecule has 1 saturated carbocycles. The zero-order chi connectivity index (χ0) is 9.31. The van der Waals surface area contributed by atoms with Crippen LogP contribution in [0.5, 0.6) is 0 Å². The van der Waals surface area contributed by atoms with Crippen LogP contribution in [0.3, 0.4) is 0 Å². The van der Waals surface area contributed by atoms with E-state index in [1.165, 1.54) is 0 Å². The second-order valence-corrected chi connectivity index (χ2v) is 4.13. The van der Waals surface area contributed by atoms with Gasteiger partial charge in [-0.05, 0) is 18.3 Å². The lowest BCUT2D eigenvalue weighted by Gasteiger charge is -2.41. The Labute approximate surface area is 78.0 Å². The summed E-state index contributed by atoms with van der Waals surface area (Å²) >= 11 is 0. The first kappa shape index (κ1) is 9.40.